The molecule has 1 aromatic carbocycles. The lowest BCUT2D eigenvalue weighted by molar-refractivity contribution is -0.119. The molecule has 0 bridgehead atoms. The maximum atomic E-state index is 14.2. The molecule has 2 N–H and O–H groups in total. The largest absolute Gasteiger partial charge is 0.326 e. The van der Waals surface area contributed by atoms with Gasteiger partial charge in [-0.25, -0.2) is 17.8 Å². The molecule has 10 heteroatoms. The Morgan fingerprint density at radius 3 is 2.69 bits per heavy atom. The number of nitrogens with zero attached hydrogens (tertiary/aromatic N) is 1. The van der Waals surface area contributed by atoms with Crippen molar-refractivity contribution in [3.05, 3.63) is 29.4 Å². The van der Waals surface area contributed by atoms with Crippen LogP contribution < -0.4 is 10.6 Å². The van der Waals surface area contributed by atoms with Gasteiger partial charge in [0.15, 0.2) is 15.0 Å². The van der Waals surface area contributed by atoms with E-state index in [2.05, 4.69) is 15.6 Å². The summed E-state index contributed by atoms with van der Waals surface area (Å²) in [6.07, 6.45) is 0.297. The normalized spacial score (nSPS) is 18.5. The van der Waals surface area contributed by atoms with Crippen molar-refractivity contribution < 1.29 is 22.4 Å². The second kappa shape index (κ2) is 7.12. The van der Waals surface area contributed by atoms with E-state index in [0.29, 0.717) is 17.8 Å². The molecule has 3 rings (SSSR count). The predicted molar refractivity (Wildman–Crippen MR) is 97.2 cm³/mol. The summed E-state index contributed by atoms with van der Waals surface area (Å²) in [4.78, 5) is 27.3. The predicted octanol–water partition coefficient (Wildman–Crippen LogP) is 2.28. The molecule has 2 aromatic rings. The zero-order valence-corrected chi connectivity index (χ0v) is 15.4. The lowest BCUT2D eigenvalue weighted by Gasteiger charge is -2.06. The molecular weight excluding hydrogens is 381 g/mol. The van der Waals surface area contributed by atoms with Crippen LogP contribution in [0.1, 0.15) is 13.3 Å². The lowest BCUT2D eigenvalue weighted by Crippen LogP contribution is -2.23. The van der Waals surface area contributed by atoms with Gasteiger partial charge in [-0.15, -0.1) is 11.3 Å². The number of anilines is 2. The number of hydrogen-bond acceptors (Lipinski definition) is 6. The fourth-order valence-corrected chi connectivity index (χ4v) is 5.12. The molecule has 1 fully saturated rings. The van der Waals surface area contributed by atoms with Crippen LogP contribution in [-0.2, 0) is 19.4 Å². The summed E-state index contributed by atoms with van der Waals surface area (Å²) in [5.74, 6) is -1.98. The van der Waals surface area contributed by atoms with Crippen LogP contribution in [0.3, 0.4) is 0 Å². The molecule has 1 aliphatic rings. The van der Waals surface area contributed by atoms with Crippen molar-refractivity contribution in [3.63, 3.8) is 0 Å². The number of aromatic nitrogens is 1. The maximum absolute atomic E-state index is 14.2. The van der Waals surface area contributed by atoms with Gasteiger partial charge in [-0.2, -0.15) is 0 Å². The third kappa shape index (κ3) is 4.25. The lowest BCUT2D eigenvalue weighted by atomic mass is 10.1. The molecule has 2 heterocycles. The Morgan fingerprint density at radius 1 is 1.31 bits per heavy atom. The molecular formula is C16H16FN3O4S2. The van der Waals surface area contributed by atoms with Crippen LogP contribution in [0.25, 0.3) is 11.3 Å². The molecule has 0 radical (unpaired) electrons. The Bertz CT molecular complexity index is 972. The maximum Gasteiger partial charge on any atom is 0.230 e. The van der Waals surface area contributed by atoms with E-state index >= 15 is 0 Å². The van der Waals surface area contributed by atoms with Crippen molar-refractivity contribution in [1.29, 1.82) is 0 Å². The van der Waals surface area contributed by atoms with Crippen LogP contribution in [0, 0.1) is 11.7 Å². The van der Waals surface area contributed by atoms with Crippen LogP contribution in [0.2, 0.25) is 0 Å². The van der Waals surface area contributed by atoms with E-state index in [9.17, 15) is 22.4 Å². The van der Waals surface area contributed by atoms with E-state index < -0.39 is 27.5 Å². The summed E-state index contributed by atoms with van der Waals surface area (Å²) >= 11 is 1.13. The number of hydrogen-bond donors (Lipinski definition) is 2. The standard InChI is InChI=1S/C16H16FN3O4S2/c1-9(21)18-11-2-3-12(13(17)6-11)14-7-25-16(19-14)20-15(22)10-4-5-26(23,24)8-10/h2-3,6-7,10H,4-5,8H2,1H3,(H,18,21)(H,19,20,22)/t10-/m1/s1. The molecule has 138 valence electrons. The zero-order chi connectivity index (χ0) is 18.9. The number of benzene rings is 1. The number of carbonyl (C=O) groups excluding carboxylic acids is 2. The molecule has 1 aromatic heterocycles. The molecule has 1 atom stereocenters. The number of thiazole rings is 1. The Hall–Kier alpha value is -2.33. The van der Waals surface area contributed by atoms with Gasteiger partial charge >= 0.3 is 0 Å². The second-order valence-corrected chi connectivity index (χ2v) is 9.09. The van der Waals surface area contributed by atoms with Crippen molar-refractivity contribution in [2.75, 3.05) is 22.1 Å². The molecule has 0 saturated carbocycles. The van der Waals surface area contributed by atoms with E-state index in [-0.39, 0.29) is 28.1 Å². The number of nitrogens with one attached hydrogen (secondary N) is 2. The van der Waals surface area contributed by atoms with Gasteiger partial charge in [0.2, 0.25) is 11.8 Å². The van der Waals surface area contributed by atoms with Gasteiger partial charge in [-0.1, -0.05) is 0 Å². The molecule has 1 saturated heterocycles. The Balaban J connectivity index is 1.72. The van der Waals surface area contributed by atoms with Gasteiger partial charge in [0.1, 0.15) is 5.82 Å². The van der Waals surface area contributed by atoms with E-state index in [1.54, 1.807) is 11.4 Å². The highest BCUT2D eigenvalue weighted by Crippen LogP contribution is 2.29. The number of sulfone groups is 1. The Morgan fingerprint density at radius 2 is 2.08 bits per heavy atom. The summed E-state index contributed by atoms with van der Waals surface area (Å²) in [5, 5.41) is 6.96. The Kier molecular flexibility index (Phi) is 5.05. The van der Waals surface area contributed by atoms with Crippen LogP contribution in [0.15, 0.2) is 23.6 Å². The van der Waals surface area contributed by atoms with Crippen LogP contribution in [0.5, 0.6) is 0 Å². The van der Waals surface area contributed by atoms with Crippen molar-refractivity contribution in [1.82, 2.24) is 4.98 Å². The highest BCUT2D eigenvalue weighted by molar-refractivity contribution is 7.91. The van der Waals surface area contributed by atoms with E-state index in [1.807, 2.05) is 0 Å². The SMILES string of the molecule is CC(=O)Nc1ccc(-c2csc(NC(=O)[C@@H]3CCS(=O)(=O)C3)n2)c(F)c1. The summed E-state index contributed by atoms with van der Waals surface area (Å²) < 4.78 is 37.2. The summed E-state index contributed by atoms with van der Waals surface area (Å²) in [6, 6.07) is 4.24. The highest BCUT2D eigenvalue weighted by Gasteiger charge is 2.33. The van der Waals surface area contributed by atoms with Gasteiger partial charge in [0, 0.05) is 23.6 Å². The molecule has 26 heavy (non-hydrogen) atoms. The number of rotatable bonds is 4. The summed E-state index contributed by atoms with van der Waals surface area (Å²) in [5.41, 5.74) is 0.917. The number of carbonyl (C=O) groups is 2. The van der Waals surface area contributed by atoms with Gasteiger partial charge in [-0.3, -0.25) is 9.59 Å². The first kappa shape index (κ1) is 18.5. The minimum absolute atomic E-state index is 0.0140. The third-order valence-corrected chi connectivity index (χ3v) is 6.43. The fourth-order valence-electron chi connectivity index (χ4n) is 2.67. The topological polar surface area (TPSA) is 105 Å². The molecule has 2 amide bonds. The van der Waals surface area contributed by atoms with Crippen molar-refractivity contribution in [3.8, 4) is 11.3 Å². The van der Waals surface area contributed by atoms with E-state index in [1.165, 1.54) is 19.1 Å². The third-order valence-electron chi connectivity index (χ3n) is 3.90. The van der Waals surface area contributed by atoms with Crippen LogP contribution in [-0.4, -0.2) is 36.7 Å². The minimum atomic E-state index is -3.15. The van der Waals surface area contributed by atoms with Crippen molar-refractivity contribution >= 4 is 43.8 Å². The Labute approximate surface area is 153 Å². The second-order valence-electron chi connectivity index (χ2n) is 6.00. The quantitative estimate of drug-likeness (QED) is 0.823. The van der Waals surface area contributed by atoms with E-state index in [0.717, 1.165) is 11.3 Å². The number of amides is 2. The zero-order valence-electron chi connectivity index (χ0n) is 13.8. The van der Waals surface area contributed by atoms with E-state index in [4.69, 9.17) is 0 Å². The van der Waals surface area contributed by atoms with Gasteiger partial charge in [-0.05, 0) is 24.6 Å². The van der Waals surface area contributed by atoms with Gasteiger partial charge in [0.25, 0.3) is 0 Å². The molecule has 0 spiro atoms. The first-order chi connectivity index (χ1) is 12.2. The van der Waals surface area contributed by atoms with Crippen molar-refractivity contribution in [2.24, 2.45) is 5.92 Å². The average molecular weight is 397 g/mol. The molecule has 0 aliphatic carbocycles. The van der Waals surface area contributed by atoms with Crippen LogP contribution in [0.4, 0.5) is 15.2 Å². The molecule has 7 nitrogen and oxygen atoms in total. The first-order valence-electron chi connectivity index (χ1n) is 7.78. The summed E-state index contributed by atoms with van der Waals surface area (Å²) in [7, 11) is -3.15. The first-order valence-corrected chi connectivity index (χ1v) is 10.5. The monoisotopic (exact) mass is 397 g/mol. The molecule has 0 unspecified atom stereocenters. The minimum Gasteiger partial charge on any atom is -0.326 e. The smallest absolute Gasteiger partial charge is 0.230 e. The average Bonchev–Trinajstić information content (AvgIpc) is 3.13. The summed E-state index contributed by atoms with van der Waals surface area (Å²) in [6.45, 7) is 1.33. The van der Waals surface area contributed by atoms with Gasteiger partial charge in [0.05, 0.1) is 23.1 Å². The van der Waals surface area contributed by atoms with Crippen LogP contribution >= 0.6 is 11.3 Å². The van der Waals surface area contributed by atoms with Crippen molar-refractivity contribution in [2.45, 2.75) is 13.3 Å². The number of halogens is 1. The fraction of sp³-hybridized carbons (Fsp3) is 0.312. The van der Waals surface area contributed by atoms with Gasteiger partial charge < -0.3 is 10.6 Å². The highest BCUT2D eigenvalue weighted by atomic mass is 32.2. The molecule has 1 aliphatic heterocycles.